The van der Waals surface area contributed by atoms with Gasteiger partial charge in [-0.3, -0.25) is 14.5 Å². The smallest absolute Gasteiger partial charge is 0.329 e. The summed E-state index contributed by atoms with van der Waals surface area (Å²) in [6.45, 7) is 0. The highest BCUT2D eigenvalue weighted by Gasteiger charge is 2.42. The molecule has 6 heteroatoms. The van der Waals surface area contributed by atoms with E-state index in [-0.39, 0.29) is 24.0 Å². The first kappa shape index (κ1) is 14.7. The van der Waals surface area contributed by atoms with E-state index in [2.05, 4.69) is 4.74 Å². The quantitative estimate of drug-likeness (QED) is 0.465. The number of nitrogens with zero attached hydrogens (tertiary/aromatic N) is 2. The Kier molecular flexibility index (Phi) is 4.33. The number of benzene rings is 1. The first-order valence-corrected chi connectivity index (χ1v) is 6.53. The number of fused-ring (bicyclic) bond motifs is 1. The van der Waals surface area contributed by atoms with Crippen LogP contribution < -0.4 is 0 Å². The lowest BCUT2D eigenvalue weighted by Crippen LogP contribution is -2.45. The van der Waals surface area contributed by atoms with Crippen molar-refractivity contribution in [3.05, 3.63) is 35.4 Å². The van der Waals surface area contributed by atoms with Gasteiger partial charge < -0.3 is 4.74 Å². The van der Waals surface area contributed by atoms with Gasteiger partial charge >= 0.3 is 5.97 Å². The minimum absolute atomic E-state index is 0.214. The SMILES string of the molecule is COC(=O)[C@H](CCCC#N)N1C(=O)c2ccccc2C1=O. The molecule has 0 fully saturated rings. The van der Waals surface area contributed by atoms with E-state index in [9.17, 15) is 14.4 Å². The monoisotopic (exact) mass is 286 g/mol. The summed E-state index contributed by atoms with van der Waals surface area (Å²) < 4.78 is 4.68. The zero-order valence-electron chi connectivity index (χ0n) is 11.5. The first-order valence-electron chi connectivity index (χ1n) is 6.53. The fraction of sp³-hybridized carbons (Fsp3) is 0.333. The number of hydrogen-bond donors (Lipinski definition) is 0. The van der Waals surface area contributed by atoms with Crippen LogP contribution in [0.3, 0.4) is 0 Å². The first-order chi connectivity index (χ1) is 10.1. The van der Waals surface area contributed by atoms with Gasteiger partial charge in [0.05, 0.1) is 24.3 Å². The second-order valence-electron chi connectivity index (χ2n) is 4.62. The molecule has 2 rings (SSSR count). The van der Waals surface area contributed by atoms with E-state index in [0.29, 0.717) is 6.42 Å². The van der Waals surface area contributed by atoms with Crippen molar-refractivity contribution in [2.45, 2.75) is 25.3 Å². The molecule has 0 aromatic heterocycles. The summed E-state index contributed by atoms with van der Waals surface area (Å²) in [5, 5.41) is 8.57. The number of nitriles is 1. The maximum atomic E-state index is 12.3. The van der Waals surface area contributed by atoms with E-state index < -0.39 is 23.8 Å². The molecule has 0 radical (unpaired) electrons. The third-order valence-corrected chi connectivity index (χ3v) is 3.38. The Bertz CT molecular complexity index is 598. The van der Waals surface area contributed by atoms with Gasteiger partial charge in [0.15, 0.2) is 0 Å². The number of amides is 2. The lowest BCUT2D eigenvalue weighted by Gasteiger charge is -2.23. The highest BCUT2D eigenvalue weighted by Crippen LogP contribution is 2.26. The van der Waals surface area contributed by atoms with E-state index in [1.807, 2.05) is 6.07 Å². The number of unbranched alkanes of at least 4 members (excludes halogenated alkanes) is 1. The molecule has 1 heterocycles. The number of hydrogen-bond acceptors (Lipinski definition) is 5. The van der Waals surface area contributed by atoms with Crippen LogP contribution in [0, 0.1) is 11.3 Å². The molecule has 0 N–H and O–H groups in total. The van der Waals surface area contributed by atoms with Crippen LogP contribution >= 0.6 is 0 Å². The largest absolute Gasteiger partial charge is 0.467 e. The van der Waals surface area contributed by atoms with Crippen molar-refractivity contribution in [1.29, 1.82) is 5.26 Å². The Morgan fingerprint density at radius 2 is 1.86 bits per heavy atom. The Morgan fingerprint density at radius 1 is 1.29 bits per heavy atom. The minimum atomic E-state index is -0.990. The number of imide groups is 1. The molecule has 1 aromatic carbocycles. The molecule has 0 saturated carbocycles. The molecule has 0 bridgehead atoms. The summed E-state index contributed by atoms with van der Waals surface area (Å²) in [5.74, 6) is -1.65. The van der Waals surface area contributed by atoms with E-state index in [4.69, 9.17) is 5.26 Å². The van der Waals surface area contributed by atoms with Crippen LogP contribution in [0.2, 0.25) is 0 Å². The molecule has 2 amide bonds. The van der Waals surface area contributed by atoms with E-state index in [0.717, 1.165) is 4.90 Å². The van der Waals surface area contributed by atoms with Crippen molar-refractivity contribution in [3.8, 4) is 6.07 Å². The van der Waals surface area contributed by atoms with Crippen molar-refractivity contribution in [3.63, 3.8) is 0 Å². The van der Waals surface area contributed by atoms with Crippen LogP contribution in [-0.2, 0) is 9.53 Å². The molecular formula is C15H14N2O4. The average molecular weight is 286 g/mol. The van der Waals surface area contributed by atoms with Gasteiger partial charge in [0.1, 0.15) is 6.04 Å². The van der Waals surface area contributed by atoms with Crippen LogP contribution in [0.5, 0.6) is 0 Å². The van der Waals surface area contributed by atoms with Crippen molar-refractivity contribution in [2.24, 2.45) is 0 Å². The second-order valence-corrected chi connectivity index (χ2v) is 4.62. The zero-order chi connectivity index (χ0) is 15.4. The maximum Gasteiger partial charge on any atom is 0.329 e. The number of rotatable bonds is 5. The van der Waals surface area contributed by atoms with E-state index >= 15 is 0 Å². The Hall–Kier alpha value is -2.68. The molecule has 0 saturated heterocycles. The maximum absolute atomic E-state index is 12.3. The van der Waals surface area contributed by atoms with Gasteiger partial charge in [-0.05, 0) is 25.0 Å². The Labute approximate surface area is 121 Å². The minimum Gasteiger partial charge on any atom is -0.467 e. The predicted molar refractivity (Wildman–Crippen MR) is 72.2 cm³/mol. The highest BCUT2D eigenvalue weighted by atomic mass is 16.5. The van der Waals surface area contributed by atoms with Gasteiger partial charge in [-0.25, -0.2) is 4.79 Å². The molecule has 1 atom stereocenters. The number of carbonyl (C=O) groups excluding carboxylic acids is 3. The molecule has 0 unspecified atom stereocenters. The summed E-state index contributed by atoms with van der Waals surface area (Å²) in [6.07, 6.45) is 0.867. The summed E-state index contributed by atoms with van der Waals surface area (Å²) in [5.41, 5.74) is 0.577. The third-order valence-electron chi connectivity index (χ3n) is 3.38. The summed E-state index contributed by atoms with van der Waals surface area (Å²) in [6, 6.07) is 7.42. The van der Waals surface area contributed by atoms with Crippen molar-refractivity contribution in [1.82, 2.24) is 4.90 Å². The molecule has 1 aromatic rings. The van der Waals surface area contributed by atoms with Crippen LogP contribution in [0.4, 0.5) is 0 Å². The second kappa shape index (κ2) is 6.18. The lowest BCUT2D eigenvalue weighted by molar-refractivity contribution is -0.145. The topological polar surface area (TPSA) is 87.5 Å². The summed E-state index contributed by atoms with van der Waals surface area (Å²) in [4.78, 5) is 37.5. The van der Waals surface area contributed by atoms with Crippen LogP contribution in [0.25, 0.3) is 0 Å². The predicted octanol–water partition coefficient (Wildman–Crippen LogP) is 1.52. The van der Waals surface area contributed by atoms with Crippen molar-refractivity contribution < 1.29 is 19.1 Å². The van der Waals surface area contributed by atoms with E-state index in [1.165, 1.54) is 7.11 Å². The number of esters is 1. The molecule has 0 spiro atoms. The van der Waals surface area contributed by atoms with Crippen LogP contribution in [0.1, 0.15) is 40.0 Å². The Morgan fingerprint density at radius 3 is 2.33 bits per heavy atom. The van der Waals surface area contributed by atoms with E-state index in [1.54, 1.807) is 24.3 Å². The van der Waals surface area contributed by atoms with Gasteiger partial charge in [-0.1, -0.05) is 12.1 Å². The van der Waals surface area contributed by atoms with Crippen LogP contribution in [-0.4, -0.2) is 35.8 Å². The average Bonchev–Trinajstić information content (AvgIpc) is 2.76. The number of ether oxygens (including phenoxy) is 1. The molecule has 1 aliphatic rings. The van der Waals surface area contributed by atoms with Gasteiger partial charge in [-0.15, -0.1) is 0 Å². The molecular weight excluding hydrogens is 272 g/mol. The third kappa shape index (κ3) is 2.63. The number of methoxy groups -OCH3 is 1. The molecule has 6 nitrogen and oxygen atoms in total. The van der Waals surface area contributed by atoms with Crippen molar-refractivity contribution >= 4 is 17.8 Å². The zero-order valence-corrected chi connectivity index (χ0v) is 11.5. The number of carbonyl (C=O) groups is 3. The molecule has 21 heavy (non-hydrogen) atoms. The van der Waals surface area contributed by atoms with Gasteiger partial charge in [0.2, 0.25) is 0 Å². The van der Waals surface area contributed by atoms with Gasteiger partial charge in [0.25, 0.3) is 11.8 Å². The van der Waals surface area contributed by atoms with Crippen LogP contribution in [0.15, 0.2) is 24.3 Å². The van der Waals surface area contributed by atoms with Gasteiger partial charge in [0, 0.05) is 6.42 Å². The Balaban J connectivity index is 2.30. The highest BCUT2D eigenvalue weighted by molar-refractivity contribution is 6.22. The molecule has 0 aliphatic carbocycles. The molecule has 108 valence electrons. The molecule has 1 aliphatic heterocycles. The fourth-order valence-corrected chi connectivity index (χ4v) is 2.35. The summed E-state index contributed by atoms with van der Waals surface area (Å²) >= 11 is 0. The normalized spacial score (nSPS) is 14.6. The fourth-order valence-electron chi connectivity index (χ4n) is 2.35. The lowest BCUT2D eigenvalue weighted by atomic mass is 10.1. The standard InChI is InChI=1S/C15H14N2O4/c1-21-15(20)12(8-4-5-9-16)17-13(18)10-6-2-3-7-11(10)14(17)19/h2-3,6-7,12H,4-5,8H2,1H3/t12-/m0/s1. The van der Waals surface area contributed by atoms with Crippen molar-refractivity contribution in [2.75, 3.05) is 7.11 Å². The summed E-state index contributed by atoms with van der Waals surface area (Å²) in [7, 11) is 1.21. The van der Waals surface area contributed by atoms with Gasteiger partial charge in [-0.2, -0.15) is 5.26 Å².